The molecule has 0 fully saturated rings. The van der Waals surface area contributed by atoms with Gasteiger partial charge in [-0.3, -0.25) is 0 Å². The second-order valence-corrected chi connectivity index (χ2v) is 7.81. The molecule has 0 saturated carbocycles. The van der Waals surface area contributed by atoms with Crippen molar-refractivity contribution in [3.8, 4) is 0 Å². The number of hydrogen-bond donors (Lipinski definition) is 1. The second-order valence-electron chi connectivity index (χ2n) is 7.81. The van der Waals surface area contributed by atoms with E-state index >= 15 is 0 Å². The van der Waals surface area contributed by atoms with E-state index in [1.165, 1.54) is 22.3 Å². The molecule has 0 spiro atoms. The van der Waals surface area contributed by atoms with E-state index in [-0.39, 0.29) is 11.4 Å². The van der Waals surface area contributed by atoms with Gasteiger partial charge < -0.3 is 10.1 Å². The number of carbonyl (C=O) groups excluding carboxylic acids is 1. The maximum absolute atomic E-state index is 11.8. The van der Waals surface area contributed by atoms with Crippen molar-refractivity contribution in [1.82, 2.24) is 0 Å². The number of nitrogens with one attached hydrogen (secondary N) is 1. The summed E-state index contributed by atoms with van der Waals surface area (Å²) >= 11 is 0. The molecule has 2 aromatic rings. The van der Waals surface area contributed by atoms with E-state index in [1.54, 1.807) is 12.1 Å². The number of esters is 1. The molecule has 0 bridgehead atoms. The summed E-state index contributed by atoms with van der Waals surface area (Å²) in [5.41, 5.74) is 8.24. The van der Waals surface area contributed by atoms with E-state index in [1.807, 2.05) is 19.1 Å². The van der Waals surface area contributed by atoms with Crippen LogP contribution in [-0.2, 0) is 10.2 Å². The summed E-state index contributed by atoms with van der Waals surface area (Å²) in [6.07, 6.45) is 4.51. The first-order valence-corrected chi connectivity index (χ1v) is 9.74. The van der Waals surface area contributed by atoms with Crippen molar-refractivity contribution in [3.63, 3.8) is 0 Å². The molecule has 3 heteroatoms. The largest absolute Gasteiger partial charge is 0.462 e. The Bertz CT molecular complexity index is 876. The molecule has 0 aliphatic heterocycles. The van der Waals surface area contributed by atoms with Crippen LogP contribution in [0.25, 0.3) is 5.57 Å². The second kappa shape index (κ2) is 7.59. The quantitative estimate of drug-likeness (QED) is 0.626. The van der Waals surface area contributed by atoms with Crippen LogP contribution in [0.4, 0.5) is 11.4 Å². The number of aryl methyl sites for hydroxylation is 1. The molecular weight excluding hydrogens is 334 g/mol. The molecule has 0 heterocycles. The highest BCUT2D eigenvalue weighted by molar-refractivity contribution is 5.90. The third-order valence-corrected chi connectivity index (χ3v) is 5.35. The summed E-state index contributed by atoms with van der Waals surface area (Å²) in [5.74, 6) is -0.283. The van der Waals surface area contributed by atoms with Gasteiger partial charge in [-0.05, 0) is 84.7 Å². The van der Waals surface area contributed by atoms with Crippen molar-refractivity contribution in [2.75, 3.05) is 11.9 Å². The van der Waals surface area contributed by atoms with Gasteiger partial charge in [-0.1, -0.05) is 32.9 Å². The van der Waals surface area contributed by atoms with Gasteiger partial charge in [0.15, 0.2) is 0 Å². The molecule has 0 radical (unpaired) electrons. The minimum Gasteiger partial charge on any atom is -0.462 e. The first-order valence-electron chi connectivity index (χ1n) is 9.74. The lowest BCUT2D eigenvalue weighted by atomic mass is 9.72. The maximum atomic E-state index is 11.8. The van der Waals surface area contributed by atoms with Crippen molar-refractivity contribution >= 4 is 22.9 Å². The number of allylic oxidation sites excluding steroid dienone is 2. The van der Waals surface area contributed by atoms with Crippen molar-refractivity contribution in [1.29, 1.82) is 0 Å². The Labute approximate surface area is 162 Å². The van der Waals surface area contributed by atoms with Gasteiger partial charge in [-0.25, -0.2) is 4.79 Å². The molecular formula is C24H29NO2. The van der Waals surface area contributed by atoms with Crippen LogP contribution in [0.2, 0.25) is 0 Å². The zero-order valence-electron chi connectivity index (χ0n) is 17.0. The van der Waals surface area contributed by atoms with Gasteiger partial charge in [0.25, 0.3) is 0 Å². The van der Waals surface area contributed by atoms with E-state index in [0.29, 0.717) is 12.2 Å². The van der Waals surface area contributed by atoms with Crippen LogP contribution in [0, 0.1) is 6.92 Å². The lowest BCUT2D eigenvalue weighted by Gasteiger charge is -2.33. The number of anilines is 2. The van der Waals surface area contributed by atoms with Crippen LogP contribution in [0.15, 0.2) is 42.5 Å². The first-order chi connectivity index (χ1) is 12.9. The average Bonchev–Trinajstić information content (AvgIpc) is 2.64. The van der Waals surface area contributed by atoms with Crippen molar-refractivity contribution in [2.24, 2.45) is 0 Å². The van der Waals surface area contributed by atoms with Crippen molar-refractivity contribution < 1.29 is 9.53 Å². The first kappa shape index (κ1) is 19.2. The summed E-state index contributed by atoms with van der Waals surface area (Å²) in [5, 5.41) is 3.51. The van der Waals surface area contributed by atoms with Crippen LogP contribution < -0.4 is 5.32 Å². The molecule has 3 nitrogen and oxygen atoms in total. The molecule has 1 aliphatic rings. The highest BCUT2D eigenvalue weighted by Gasteiger charge is 2.28. The average molecular weight is 364 g/mol. The molecule has 0 amide bonds. The minimum absolute atomic E-state index is 0.165. The molecule has 27 heavy (non-hydrogen) atoms. The standard InChI is InChI=1S/C24H29NO2/c1-6-17-12-13-24(4,5)21-14-16(3)22(15-20(17)21)25-19-10-8-18(9-11-19)23(26)27-7-2/h8-12,14-15,25H,6-7,13H2,1-5H3. The van der Waals surface area contributed by atoms with Crippen LogP contribution >= 0.6 is 0 Å². The van der Waals surface area contributed by atoms with Crippen LogP contribution in [0.5, 0.6) is 0 Å². The molecule has 0 atom stereocenters. The van der Waals surface area contributed by atoms with Gasteiger partial charge in [0.2, 0.25) is 0 Å². The molecule has 0 saturated heterocycles. The molecule has 2 aromatic carbocycles. The Morgan fingerprint density at radius 1 is 1.15 bits per heavy atom. The fraction of sp³-hybridized carbons (Fsp3) is 0.375. The SMILES string of the molecule is CCOC(=O)c1ccc(Nc2cc3c(cc2C)C(C)(C)CC=C3CC)cc1. The summed E-state index contributed by atoms with van der Waals surface area (Å²) in [7, 11) is 0. The highest BCUT2D eigenvalue weighted by Crippen LogP contribution is 2.42. The summed E-state index contributed by atoms with van der Waals surface area (Å²) in [4.78, 5) is 11.8. The fourth-order valence-corrected chi connectivity index (χ4v) is 3.66. The minimum atomic E-state index is -0.283. The highest BCUT2D eigenvalue weighted by atomic mass is 16.5. The fourth-order valence-electron chi connectivity index (χ4n) is 3.66. The number of benzene rings is 2. The van der Waals surface area contributed by atoms with Crippen LogP contribution in [-0.4, -0.2) is 12.6 Å². The summed E-state index contributed by atoms with van der Waals surface area (Å²) < 4.78 is 5.05. The third-order valence-electron chi connectivity index (χ3n) is 5.35. The van der Waals surface area contributed by atoms with Gasteiger partial charge in [0, 0.05) is 11.4 Å². The topological polar surface area (TPSA) is 38.3 Å². The molecule has 1 N–H and O–H groups in total. The number of hydrogen-bond acceptors (Lipinski definition) is 3. The zero-order valence-corrected chi connectivity index (χ0v) is 17.0. The predicted molar refractivity (Wildman–Crippen MR) is 113 cm³/mol. The van der Waals surface area contributed by atoms with Crippen molar-refractivity contribution in [3.05, 3.63) is 64.7 Å². The zero-order chi connectivity index (χ0) is 19.6. The Morgan fingerprint density at radius 3 is 2.48 bits per heavy atom. The van der Waals surface area contributed by atoms with Gasteiger partial charge >= 0.3 is 5.97 Å². The normalized spacial score (nSPS) is 14.9. The molecule has 0 unspecified atom stereocenters. The number of ether oxygens (including phenoxy) is 1. The molecule has 3 rings (SSSR count). The summed E-state index contributed by atoms with van der Waals surface area (Å²) in [6, 6.07) is 12.0. The van der Waals surface area contributed by atoms with E-state index in [9.17, 15) is 4.79 Å². The maximum Gasteiger partial charge on any atom is 0.338 e. The summed E-state index contributed by atoms with van der Waals surface area (Å²) in [6.45, 7) is 11.2. The molecule has 142 valence electrons. The van der Waals surface area contributed by atoms with Gasteiger partial charge in [0.05, 0.1) is 12.2 Å². The van der Waals surface area contributed by atoms with Gasteiger partial charge in [-0.15, -0.1) is 0 Å². The number of fused-ring (bicyclic) bond motifs is 1. The lowest BCUT2D eigenvalue weighted by Crippen LogP contribution is -2.22. The third kappa shape index (κ3) is 3.92. The Hall–Kier alpha value is -2.55. The smallest absolute Gasteiger partial charge is 0.338 e. The van der Waals surface area contributed by atoms with Crippen LogP contribution in [0.3, 0.4) is 0 Å². The number of carbonyl (C=O) groups is 1. The van der Waals surface area contributed by atoms with Crippen molar-refractivity contribution in [2.45, 2.75) is 52.9 Å². The molecule has 1 aliphatic carbocycles. The van der Waals surface area contributed by atoms with E-state index in [2.05, 4.69) is 51.2 Å². The lowest BCUT2D eigenvalue weighted by molar-refractivity contribution is 0.0526. The van der Waals surface area contributed by atoms with E-state index in [4.69, 9.17) is 4.74 Å². The Balaban J connectivity index is 1.90. The van der Waals surface area contributed by atoms with Gasteiger partial charge in [-0.2, -0.15) is 0 Å². The Morgan fingerprint density at radius 2 is 1.85 bits per heavy atom. The number of rotatable bonds is 5. The molecule has 0 aromatic heterocycles. The van der Waals surface area contributed by atoms with Gasteiger partial charge in [0.1, 0.15) is 0 Å². The van der Waals surface area contributed by atoms with E-state index in [0.717, 1.165) is 24.2 Å². The van der Waals surface area contributed by atoms with Crippen LogP contribution in [0.1, 0.15) is 67.6 Å². The van der Waals surface area contributed by atoms with E-state index < -0.39 is 0 Å². The predicted octanol–water partition coefficient (Wildman–Crippen LogP) is 6.39. The monoisotopic (exact) mass is 363 g/mol. The Kier molecular flexibility index (Phi) is 5.41.